The molecule has 0 aliphatic rings. The summed E-state index contributed by atoms with van der Waals surface area (Å²) < 4.78 is 25.6. The first kappa shape index (κ1) is 18.2. The van der Waals surface area contributed by atoms with E-state index in [1.165, 1.54) is 0 Å². The number of likely N-dealkylation sites (N-methyl/N-ethyl adjacent to an activating group) is 1. The summed E-state index contributed by atoms with van der Waals surface area (Å²) in [7, 11) is 0.305. The second-order valence-corrected chi connectivity index (χ2v) is 8.13. The molecular weight excluding hydrogens is 326 g/mol. The average molecular weight is 349 g/mol. The number of carbonyl (C=O) groups excluding carboxylic acids is 1. The lowest BCUT2D eigenvalue weighted by Crippen LogP contribution is -2.30. The quantitative estimate of drug-likeness (QED) is 0.799. The minimum Gasteiger partial charge on any atom is -0.339 e. The maximum atomic E-state index is 12.5. The smallest absolute Gasteiger partial charge is 0.227 e. The van der Waals surface area contributed by atoms with Crippen molar-refractivity contribution in [3.63, 3.8) is 0 Å². The summed E-state index contributed by atoms with van der Waals surface area (Å²) in [6.07, 6.45) is 3.78. The molecule has 0 saturated carbocycles. The summed E-state index contributed by atoms with van der Waals surface area (Å²) in [6, 6.07) is 6.49. The van der Waals surface area contributed by atoms with Crippen molar-refractivity contribution in [2.75, 3.05) is 12.8 Å². The zero-order valence-electron chi connectivity index (χ0n) is 14.4. The van der Waals surface area contributed by atoms with Gasteiger partial charge in [-0.05, 0) is 24.6 Å². The van der Waals surface area contributed by atoms with Gasteiger partial charge in [0, 0.05) is 25.9 Å². The first-order chi connectivity index (χ1) is 11.2. The van der Waals surface area contributed by atoms with Gasteiger partial charge in [-0.15, -0.1) is 0 Å². The van der Waals surface area contributed by atoms with Crippen LogP contribution in [0.5, 0.6) is 0 Å². The molecule has 1 aromatic carbocycles. The lowest BCUT2D eigenvalue weighted by molar-refractivity contribution is -0.131. The second kappa shape index (κ2) is 7.17. The number of benzene rings is 1. The van der Waals surface area contributed by atoms with E-state index in [4.69, 9.17) is 0 Å². The molecule has 0 aliphatic carbocycles. The molecule has 0 spiro atoms. The van der Waals surface area contributed by atoms with Gasteiger partial charge in [0.1, 0.15) is 0 Å². The van der Waals surface area contributed by atoms with Gasteiger partial charge >= 0.3 is 0 Å². The van der Waals surface area contributed by atoms with Crippen LogP contribution in [-0.2, 0) is 28.1 Å². The van der Waals surface area contributed by atoms with Crippen molar-refractivity contribution in [2.24, 2.45) is 7.05 Å². The number of amides is 1. The Kier molecular flexibility index (Phi) is 5.43. The molecule has 6 nitrogen and oxygen atoms in total. The van der Waals surface area contributed by atoms with Crippen molar-refractivity contribution in [3.8, 4) is 0 Å². The van der Waals surface area contributed by atoms with Gasteiger partial charge < -0.3 is 4.90 Å². The van der Waals surface area contributed by atoms with Crippen LogP contribution in [0, 0.1) is 0 Å². The molecule has 0 aliphatic heterocycles. The van der Waals surface area contributed by atoms with E-state index in [9.17, 15) is 13.2 Å². The van der Waals surface area contributed by atoms with Gasteiger partial charge in [0.05, 0.1) is 29.3 Å². The first-order valence-electron chi connectivity index (χ1n) is 7.80. The van der Waals surface area contributed by atoms with Crippen LogP contribution in [0.3, 0.4) is 0 Å². The predicted octanol–water partition coefficient (Wildman–Crippen LogP) is 1.98. The van der Waals surface area contributed by atoms with Crippen LogP contribution >= 0.6 is 0 Å². The third-order valence-electron chi connectivity index (χ3n) is 4.17. The summed E-state index contributed by atoms with van der Waals surface area (Å²) in [4.78, 5) is 14.4. The van der Waals surface area contributed by atoms with Crippen LogP contribution in [0.25, 0.3) is 0 Å². The number of carbonyl (C=O) groups is 1. The van der Waals surface area contributed by atoms with Crippen molar-refractivity contribution in [1.29, 1.82) is 0 Å². The summed E-state index contributed by atoms with van der Waals surface area (Å²) in [5, 5.41) is 4.12. The van der Waals surface area contributed by atoms with E-state index in [-0.39, 0.29) is 29.0 Å². The number of sulfone groups is 1. The highest BCUT2D eigenvalue weighted by molar-refractivity contribution is 7.91. The summed E-state index contributed by atoms with van der Waals surface area (Å²) in [5.41, 5.74) is 1.65. The highest BCUT2D eigenvalue weighted by atomic mass is 32.2. The van der Waals surface area contributed by atoms with Crippen LogP contribution in [0.1, 0.15) is 31.0 Å². The van der Waals surface area contributed by atoms with E-state index in [1.807, 2.05) is 20.2 Å². The molecule has 1 heterocycles. The van der Waals surface area contributed by atoms with Crippen molar-refractivity contribution < 1.29 is 13.2 Å². The Bertz CT molecular complexity index is 827. The molecule has 1 atom stereocenters. The van der Waals surface area contributed by atoms with Crippen molar-refractivity contribution in [2.45, 2.75) is 31.2 Å². The Morgan fingerprint density at radius 1 is 1.38 bits per heavy atom. The molecule has 1 unspecified atom stereocenters. The van der Waals surface area contributed by atoms with Crippen LogP contribution in [0.2, 0.25) is 0 Å². The van der Waals surface area contributed by atoms with Crippen molar-refractivity contribution in [3.05, 3.63) is 47.8 Å². The largest absolute Gasteiger partial charge is 0.339 e. The van der Waals surface area contributed by atoms with Crippen LogP contribution in [0.4, 0.5) is 0 Å². The van der Waals surface area contributed by atoms with Crippen molar-refractivity contribution in [1.82, 2.24) is 14.7 Å². The number of nitrogens with zero attached hydrogens (tertiary/aromatic N) is 3. The fourth-order valence-electron chi connectivity index (χ4n) is 2.41. The Hall–Kier alpha value is -2.15. The Morgan fingerprint density at radius 2 is 2.08 bits per heavy atom. The van der Waals surface area contributed by atoms with E-state index >= 15 is 0 Å². The van der Waals surface area contributed by atoms with Crippen molar-refractivity contribution >= 4 is 15.7 Å². The molecule has 130 valence electrons. The maximum Gasteiger partial charge on any atom is 0.227 e. The topological polar surface area (TPSA) is 72.3 Å². The fraction of sp³-hybridized carbons (Fsp3) is 0.412. The molecule has 2 aromatic rings. The minimum atomic E-state index is -3.27. The Morgan fingerprint density at radius 3 is 2.67 bits per heavy atom. The van der Waals surface area contributed by atoms with Gasteiger partial charge in [0.25, 0.3) is 0 Å². The molecule has 0 fully saturated rings. The highest BCUT2D eigenvalue weighted by Gasteiger charge is 2.19. The minimum absolute atomic E-state index is 0.0440. The number of aromatic nitrogens is 2. The predicted molar refractivity (Wildman–Crippen MR) is 92.3 cm³/mol. The lowest BCUT2D eigenvalue weighted by Gasteiger charge is -2.24. The second-order valence-electron chi connectivity index (χ2n) is 5.86. The molecule has 0 saturated heterocycles. The first-order valence-corrected chi connectivity index (χ1v) is 9.45. The third-order valence-corrected chi connectivity index (χ3v) is 5.91. The van der Waals surface area contributed by atoms with Gasteiger partial charge in [-0.25, -0.2) is 8.42 Å². The molecule has 0 radical (unpaired) electrons. The van der Waals surface area contributed by atoms with E-state index < -0.39 is 9.84 Å². The Balaban J connectivity index is 2.13. The lowest BCUT2D eigenvalue weighted by atomic mass is 10.1. The van der Waals surface area contributed by atoms with Gasteiger partial charge in [0.2, 0.25) is 5.91 Å². The van der Waals surface area contributed by atoms with E-state index in [2.05, 4.69) is 5.10 Å². The van der Waals surface area contributed by atoms with Gasteiger partial charge in [0.15, 0.2) is 9.84 Å². The molecule has 7 heteroatoms. The molecule has 0 bridgehead atoms. The van der Waals surface area contributed by atoms with Crippen LogP contribution < -0.4 is 0 Å². The van der Waals surface area contributed by atoms with Crippen LogP contribution in [-0.4, -0.2) is 41.8 Å². The number of hydrogen-bond acceptors (Lipinski definition) is 4. The normalized spacial score (nSPS) is 12.8. The van der Waals surface area contributed by atoms with E-state index in [0.717, 1.165) is 5.56 Å². The SMILES string of the molecule is CCS(=O)(=O)c1cccc(CC(=O)N(C)C(C)c2cnn(C)c2)c1. The molecule has 2 rings (SSSR count). The average Bonchev–Trinajstić information content (AvgIpc) is 3.00. The Labute approximate surface area is 143 Å². The summed E-state index contributed by atoms with van der Waals surface area (Å²) in [6.45, 7) is 3.55. The zero-order chi connectivity index (χ0) is 17.9. The molecule has 0 N–H and O–H groups in total. The van der Waals surface area contributed by atoms with Gasteiger partial charge in [-0.3, -0.25) is 9.48 Å². The zero-order valence-corrected chi connectivity index (χ0v) is 15.2. The molecule has 1 aromatic heterocycles. The third kappa shape index (κ3) is 4.03. The van der Waals surface area contributed by atoms with E-state index in [0.29, 0.717) is 5.56 Å². The number of rotatable bonds is 6. The van der Waals surface area contributed by atoms with Gasteiger partial charge in [-0.2, -0.15) is 5.10 Å². The van der Waals surface area contributed by atoms with Crippen LogP contribution in [0.15, 0.2) is 41.6 Å². The number of aryl methyl sites for hydroxylation is 1. The molecular formula is C17H23N3O3S. The van der Waals surface area contributed by atoms with E-state index in [1.54, 1.807) is 54.0 Å². The highest BCUT2D eigenvalue weighted by Crippen LogP contribution is 2.20. The monoisotopic (exact) mass is 349 g/mol. The maximum absolute atomic E-state index is 12.5. The number of hydrogen-bond donors (Lipinski definition) is 0. The molecule has 1 amide bonds. The standard InChI is InChI=1S/C17H23N3O3S/c1-5-24(22,23)16-8-6-7-14(9-16)10-17(21)20(4)13(2)15-11-18-19(3)12-15/h6-9,11-13H,5,10H2,1-4H3. The molecule has 24 heavy (non-hydrogen) atoms. The fourth-order valence-corrected chi connectivity index (χ4v) is 3.36. The summed E-state index contributed by atoms with van der Waals surface area (Å²) in [5.74, 6) is -0.0279. The van der Waals surface area contributed by atoms with Gasteiger partial charge in [-0.1, -0.05) is 19.1 Å². The summed E-state index contributed by atoms with van der Waals surface area (Å²) >= 11 is 0.